The molecule has 1 aromatic rings. The quantitative estimate of drug-likeness (QED) is 0.805. The van der Waals surface area contributed by atoms with Crippen molar-refractivity contribution in [3.63, 3.8) is 0 Å². The van der Waals surface area contributed by atoms with Crippen molar-refractivity contribution in [1.82, 2.24) is 0 Å². The van der Waals surface area contributed by atoms with Crippen LogP contribution >= 0.6 is 0 Å². The van der Waals surface area contributed by atoms with Gasteiger partial charge in [-0.2, -0.15) is 0 Å². The molecule has 0 aromatic heterocycles. The summed E-state index contributed by atoms with van der Waals surface area (Å²) in [6.07, 6.45) is -0.653. The molecule has 0 heterocycles. The van der Waals surface area contributed by atoms with E-state index in [2.05, 4.69) is 0 Å². The van der Waals surface area contributed by atoms with Gasteiger partial charge in [-0.1, -0.05) is 12.1 Å². The molecule has 4 nitrogen and oxygen atoms in total. The highest BCUT2D eigenvalue weighted by atomic mass is 16.5. The SMILES string of the molecule is Cc1ccc([C@H](C)N)c(OC(C)C(N)=O)c1. The van der Waals surface area contributed by atoms with Crippen LogP contribution in [0.5, 0.6) is 5.75 Å². The van der Waals surface area contributed by atoms with Crippen LogP contribution in [0.4, 0.5) is 0 Å². The van der Waals surface area contributed by atoms with Crippen LogP contribution in [0.3, 0.4) is 0 Å². The van der Waals surface area contributed by atoms with Crippen molar-refractivity contribution in [2.45, 2.75) is 32.9 Å². The number of hydrogen-bond donors (Lipinski definition) is 2. The number of carbonyl (C=O) groups is 1. The fourth-order valence-corrected chi connectivity index (χ4v) is 1.37. The number of hydrogen-bond acceptors (Lipinski definition) is 3. The van der Waals surface area contributed by atoms with E-state index in [1.807, 2.05) is 32.0 Å². The summed E-state index contributed by atoms with van der Waals surface area (Å²) < 4.78 is 5.49. The smallest absolute Gasteiger partial charge is 0.258 e. The third-order valence-corrected chi connectivity index (χ3v) is 2.36. The van der Waals surface area contributed by atoms with E-state index >= 15 is 0 Å². The number of nitrogens with two attached hydrogens (primary N) is 2. The Morgan fingerprint density at radius 2 is 2.00 bits per heavy atom. The summed E-state index contributed by atoms with van der Waals surface area (Å²) in [5, 5.41) is 0. The van der Waals surface area contributed by atoms with Crippen molar-refractivity contribution in [2.75, 3.05) is 0 Å². The third kappa shape index (κ3) is 2.97. The van der Waals surface area contributed by atoms with Crippen molar-refractivity contribution in [3.05, 3.63) is 29.3 Å². The van der Waals surface area contributed by atoms with Gasteiger partial charge < -0.3 is 16.2 Å². The lowest BCUT2D eigenvalue weighted by Gasteiger charge is -2.17. The highest BCUT2D eigenvalue weighted by molar-refractivity contribution is 5.78. The maximum atomic E-state index is 10.9. The number of rotatable bonds is 4. The zero-order chi connectivity index (χ0) is 12.3. The standard InChI is InChI=1S/C12H18N2O2/c1-7-4-5-10(8(2)13)11(6-7)16-9(3)12(14)15/h4-6,8-9H,13H2,1-3H3,(H2,14,15)/t8-,9?/m0/s1. The zero-order valence-electron chi connectivity index (χ0n) is 9.86. The Morgan fingerprint density at radius 1 is 1.38 bits per heavy atom. The number of primary amides is 1. The van der Waals surface area contributed by atoms with Gasteiger partial charge in [0, 0.05) is 11.6 Å². The summed E-state index contributed by atoms with van der Waals surface area (Å²) in [4.78, 5) is 10.9. The van der Waals surface area contributed by atoms with Gasteiger partial charge in [0.05, 0.1) is 0 Å². The molecule has 4 heteroatoms. The first-order valence-electron chi connectivity index (χ1n) is 5.24. The molecule has 0 aliphatic carbocycles. The maximum absolute atomic E-state index is 10.9. The molecule has 1 amide bonds. The molecule has 4 N–H and O–H groups in total. The van der Waals surface area contributed by atoms with Gasteiger partial charge in [0.25, 0.3) is 5.91 Å². The van der Waals surface area contributed by atoms with Crippen LogP contribution in [0.2, 0.25) is 0 Å². The third-order valence-electron chi connectivity index (χ3n) is 2.36. The Kier molecular flexibility index (Phi) is 3.90. The molecule has 0 radical (unpaired) electrons. The molecule has 0 aliphatic heterocycles. The van der Waals surface area contributed by atoms with Crippen molar-refractivity contribution >= 4 is 5.91 Å². The van der Waals surface area contributed by atoms with E-state index in [0.29, 0.717) is 5.75 Å². The lowest BCUT2D eigenvalue weighted by molar-refractivity contribution is -0.124. The Bertz CT molecular complexity index is 389. The van der Waals surface area contributed by atoms with Crippen LogP contribution in [0.15, 0.2) is 18.2 Å². The minimum absolute atomic E-state index is 0.143. The van der Waals surface area contributed by atoms with Crippen molar-refractivity contribution in [1.29, 1.82) is 0 Å². The molecule has 0 saturated heterocycles. The molecule has 1 aromatic carbocycles. The number of benzene rings is 1. The van der Waals surface area contributed by atoms with Gasteiger partial charge in [-0.15, -0.1) is 0 Å². The number of carbonyl (C=O) groups excluding carboxylic acids is 1. The average Bonchev–Trinajstić information content (AvgIpc) is 2.16. The van der Waals surface area contributed by atoms with Crippen molar-refractivity contribution < 1.29 is 9.53 Å². The molecule has 0 aliphatic rings. The summed E-state index contributed by atoms with van der Waals surface area (Å²) in [5.74, 6) is 0.137. The zero-order valence-corrected chi connectivity index (χ0v) is 9.86. The summed E-state index contributed by atoms with van der Waals surface area (Å²) in [7, 11) is 0. The van der Waals surface area contributed by atoms with E-state index in [4.69, 9.17) is 16.2 Å². The molecule has 0 bridgehead atoms. The summed E-state index contributed by atoms with van der Waals surface area (Å²) >= 11 is 0. The molecule has 0 spiro atoms. The van der Waals surface area contributed by atoms with Gasteiger partial charge in [0.15, 0.2) is 6.10 Å². The van der Waals surface area contributed by atoms with Gasteiger partial charge >= 0.3 is 0 Å². The fraction of sp³-hybridized carbons (Fsp3) is 0.417. The molecule has 0 fully saturated rings. The molecule has 16 heavy (non-hydrogen) atoms. The highest BCUT2D eigenvalue weighted by Gasteiger charge is 2.14. The van der Waals surface area contributed by atoms with Crippen LogP contribution in [0.25, 0.3) is 0 Å². The molecule has 1 rings (SSSR count). The van der Waals surface area contributed by atoms with E-state index in [-0.39, 0.29) is 6.04 Å². The Labute approximate surface area is 95.6 Å². The topological polar surface area (TPSA) is 78.3 Å². The monoisotopic (exact) mass is 222 g/mol. The fourth-order valence-electron chi connectivity index (χ4n) is 1.37. The lowest BCUT2D eigenvalue weighted by Crippen LogP contribution is -2.31. The maximum Gasteiger partial charge on any atom is 0.258 e. The van der Waals surface area contributed by atoms with E-state index < -0.39 is 12.0 Å². The molecular weight excluding hydrogens is 204 g/mol. The van der Waals surface area contributed by atoms with Gasteiger partial charge in [-0.25, -0.2) is 0 Å². The van der Waals surface area contributed by atoms with Gasteiger partial charge in [0.1, 0.15) is 5.75 Å². The van der Waals surface area contributed by atoms with Crippen LogP contribution in [0.1, 0.15) is 31.0 Å². The van der Waals surface area contributed by atoms with Gasteiger partial charge in [-0.3, -0.25) is 4.79 Å². The predicted octanol–water partition coefficient (Wildman–Crippen LogP) is 1.27. The molecular formula is C12H18N2O2. The first-order valence-corrected chi connectivity index (χ1v) is 5.24. The van der Waals surface area contributed by atoms with Crippen LogP contribution < -0.4 is 16.2 Å². The van der Waals surface area contributed by atoms with Gasteiger partial charge in [0.2, 0.25) is 0 Å². The summed E-state index contributed by atoms with van der Waals surface area (Å²) in [5.41, 5.74) is 12.9. The van der Waals surface area contributed by atoms with Crippen LogP contribution in [-0.2, 0) is 4.79 Å². The largest absolute Gasteiger partial charge is 0.481 e. The predicted molar refractivity (Wildman–Crippen MR) is 63.1 cm³/mol. The second-order valence-electron chi connectivity index (χ2n) is 3.99. The Morgan fingerprint density at radius 3 is 2.50 bits per heavy atom. The molecule has 0 saturated carbocycles. The highest BCUT2D eigenvalue weighted by Crippen LogP contribution is 2.25. The van der Waals surface area contributed by atoms with Crippen molar-refractivity contribution in [3.8, 4) is 5.75 Å². The van der Waals surface area contributed by atoms with Crippen LogP contribution in [0, 0.1) is 6.92 Å². The van der Waals surface area contributed by atoms with E-state index in [0.717, 1.165) is 11.1 Å². The lowest BCUT2D eigenvalue weighted by atomic mass is 10.1. The molecule has 2 atom stereocenters. The molecule has 1 unspecified atom stereocenters. The minimum atomic E-state index is -0.653. The number of amides is 1. The Balaban J connectivity index is 3.01. The summed E-state index contributed by atoms with van der Waals surface area (Å²) in [6, 6.07) is 5.58. The average molecular weight is 222 g/mol. The number of ether oxygens (including phenoxy) is 1. The number of aryl methyl sites for hydroxylation is 1. The second kappa shape index (κ2) is 4.99. The second-order valence-corrected chi connectivity index (χ2v) is 3.99. The normalized spacial score (nSPS) is 14.2. The first kappa shape index (κ1) is 12.5. The van der Waals surface area contributed by atoms with E-state index in [9.17, 15) is 4.79 Å². The van der Waals surface area contributed by atoms with Crippen molar-refractivity contribution in [2.24, 2.45) is 11.5 Å². The molecule has 88 valence electrons. The van der Waals surface area contributed by atoms with Crippen LogP contribution in [-0.4, -0.2) is 12.0 Å². The summed E-state index contributed by atoms with van der Waals surface area (Å²) in [6.45, 7) is 5.44. The van der Waals surface area contributed by atoms with E-state index in [1.165, 1.54) is 0 Å². The first-order chi connectivity index (χ1) is 7.41. The Hall–Kier alpha value is -1.55. The van der Waals surface area contributed by atoms with Gasteiger partial charge in [-0.05, 0) is 32.4 Å². The minimum Gasteiger partial charge on any atom is -0.481 e. The van der Waals surface area contributed by atoms with E-state index in [1.54, 1.807) is 6.92 Å².